The van der Waals surface area contributed by atoms with Gasteiger partial charge in [0.05, 0.1) is 16.1 Å². The molecule has 0 fully saturated rings. The van der Waals surface area contributed by atoms with Crippen LogP contribution in [0.3, 0.4) is 0 Å². The van der Waals surface area contributed by atoms with Crippen molar-refractivity contribution in [3.05, 3.63) is 45.6 Å². The zero-order valence-electron chi connectivity index (χ0n) is 8.84. The van der Waals surface area contributed by atoms with Crippen molar-refractivity contribution in [1.82, 2.24) is 4.57 Å². The minimum Gasteiger partial charge on any atom is -0.307 e. The van der Waals surface area contributed by atoms with Gasteiger partial charge in [-0.25, -0.2) is 0 Å². The molecule has 2 rings (SSSR count). The molecule has 0 unspecified atom stereocenters. The maximum atomic E-state index is 11.9. The molecule has 0 aliphatic carbocycles. The predicted molar refractivity (Wildman–Crippen MR) is 65.1 cm³/mol. The van der Waals surface area contributed by atoms with Gasteiger partial charge in [0.25, 0.3) is 5.56 Å². The molecule has 0 aliphatic heterocycles. The second-order valence-corrected chi connectivity index (χ2v) is 4.27. The zero-order valence-corrected chi connectivity index (χ0v) is 9.66. The van der Waals surface area contributed by atoms with Crippen molar-refractivity contribution in [1.29, 1.82) is 0 Å². The number of thiophene rings is 1. The highest BCUT2D eigenvalue weighted by Gasteiger charge is 2.08. The molecule has 0 saturated heterocycles. The first kappa shape index (κ1) is 10.8. The van der Waals surface area contributed by atoms with Crippen LogP contribution < -0.4 is 5.56 Å². The smallest absolute Gasteiger partial charge is 0.261 e. The lowest BCUT2D eigenvalue weighted by molar-refractivity contribution is 0.112. The van der Waals surface area contributed by atoms with Crippen LogP contribution in [0.2, 0.25) is 0 Å². The average molecular weight is 233 g/mol. The van der Waals surface area contributed by atoms with E-state index in [1.807, 2.05) is 30.5 Å². The van der Waals surface area contributed by atoms with E-state index in [0.717, 1.165) is 10.6 Å². The lowest BCUT2D eigenvalue weighted by Gasteiger charge is -2.09. The normalized spacial score (nSPS) is 10.3. The Morgan fingerprint density at radius 2 is 2.19 bits per heavy atom. The summed E-state index contributed by atoms with van der Waals surface area (Å²) in [4.78, 5) is 23.6. The fraction of sp³-hybridized carbons (Fsp3) is 0.167. The largest absolute Gasteiger partial charge is 0.307 e. The first-order valence-electron chi connectivity index (χ1n) is 5.00. The van der Waals surface area contributed by atoms with E-state index in [1.54, 1.807) is 22.0 Å². The maximum absolute atomic E-state index is 11.9. The third kappa shape index (κ3) is 1.72. The summed E-state index contributed by atoms with van der Waals surface area (Å²) in [7, 11) is 0. The van der Waals surface area contributed by atoms with Crippen molar-refractivity contribution in [3.63, 3.8) is 0 Å². The Morgan fingerprint density at radius 1 is 1.38 bits per heavy atom. The van der Waals surface area contributed by atoms with E-state index in [-0.39, 0.29) is 11.1 Å². The molecule has 0 aromatic carbocycles. The topological polar surface area (TPSA) is 39.1 Å². The average Bonchev–Trinajstić information content (AvgIpc) is 2.82. The molecule has 16 heavy (non-hydrogen) atoms. The Balaban J connectivity index is 2.69. The van der Waals surface area contributed by atoms with E-state index in [0.29, 0.717) is 12.8 Å². The predicted octanol–water partition coefficient (Wildman–Crippen LogP) is 2.41. The van der Waals surface area contributed by atoms with Gasteiger partial charge < -0.3 is 4.57 Å². The zero-order chi connectivity index (χ0) is 11.5. The van der Waals surface area contributed by atoms with Gasteiger partial charge in [0.15, 0.2) is 6.29 Å². The Bertz CT molecular complexity index is 555. The van der Waals surface area contributed by atoms with Crippen LogP contribution in [0.25, 0.3) is 10.6 Å². The second kappa shape index (κ2) is 4.45. The van der Waals surface area contributed by atoms with Crippen molar-refractivity contribution >= 4 is 17.6 Å². The van der Waals surface area contributed by atoms with Gasteiger partial charge in [-0.2, -0.15) is 0 Å². The Kier molecular flexibility index (Phi) is 3.01. The quantitative estimate of drug-likeness (QED) is 0.764. The molecule has 0 aliphatic rings. The van der Waals surface area contributed by atoms with Crippen LogP contribution in [-0.4, -0.2) is 10.9 Å². The molecule has 0 bridgehead atoms. The fourth-order valence-corrected chi connectivity index (χ4v) is 2.40. The molecule has 2 heterocycles. The van der Waals surface area contributed by atoms with Crippen LogP contribution >= 0.6 is 11.3 Å². The molecule has 0 amide bonds. The molecule has 0 radical (unpaired) electrons. The monoisotopic (exact) mass is 233 g/mol. The second-order valence-electron chi connectivity index (χ2n) is 3.32. The van der Waals surface area contributed by atoms with Crippen LogP contribution in [0, 0.1) is 0 Å². The molecule has 2 aromatic heterocycles. The van der Waals surface area contributed by atoms with Gasteiger partial charge in [-0.3, -0.25) is 9.59 Å². The summed E-state index contributed by atoms with van der Waals surface area (Å²) in [6, 6.07) is 7.31. The summed E-state index contributed by atoms with van der Waals surface area (Å²) in [6.45, 7) is 2.46. The van der Waals surface area contributed by atoms with E-state index in [1.165, 1.54) is 0 Å². The Hall–Kier alpha value is -1.68. The Labute approximate surface area is 97.0 Å². The van der Waals surface area contributed by atoms with Crippen molar-refractivity contribution in [2.75, 3.05) is 0 Å². The number of aromatic nitrogens is 1. The van der Waals surface area contributed by atoms with E-state index < -0.39 is 0 Å². The summed E-state index contributed by atoms with van der Waals surface area (Å²) in [5.74, 6) is 0. The van der Waals surface area contributed by atoms with Crippen LogP contribution in [0.1, 0.15) is 17.3 Å². The molecule has 0 spiro atoms. The number of hydrogen-bond acceptors (Lipinski definition) is 3. The molecule has 0 atom stereocenters. The van der Waals surface area contributed by atoms with Gasteiger partial charge in [-0.05, 0) is 30.5 Å². The van der Waals surface area contributed by atoms with E-state index in [4.69, 9.17) is 0 Å². The summed E-state index contributed by atoms with van der Waals surface area (Å²) < 4.78 is 1.62. The fourth-order valence-electron chi connectivity index (χ4n) is 1.64. The number of carbonyl (C=O) groups is 1. The maximum Gasteiger partial charge on any atom is 0.261 e. The summed E-state index contributed by atoms with van der Waals surface area (Å²) in [6.07, 6.45) is 0.604. The molecule has 4 heteroatoms. The third-order valence-electron chi connectivity index (χ3n) is 2.42. The highest BCUT2D eigenvalue weighted by molar-refractivity contribution is 7.13. The lowest BCUT2D eigenvalue weighted by Crippen LogP contribution is -2.23. The number of rotatable bonds is 3. The van der Waals surface area contributed by atoms with Crippen LogP contribution in [0.4, 0.5) is 0 Å². The number of pyridine rings is 1. The minimum atomic E-state index is -0.219. The molecule has 0 N–H and O–H groups in total. The molecular formula is C12H11NO2S. The molecule has 0 saturated carbocycles. The minimum absolute atomic E-state index is 0.210. The van der Waals surface area contributed by atoms with Crippen LogP contribution in [0.5, 0.6) is 0 Å². The summed E-state index contributed by atoms with van der Waals surface area (Å²) in [5.41, 5.74) is 0.860. The van der Waals surface area contributed by atoms with Gasteiger partial charge in [-0.15, -0.1) is 11.3 Å². The number of hydrogen-bond donors (Lipinski definition) is 0. The first-order chi connectivity index (χ1) is 7.77. The van der Waals surface area contributed by atoms with Crippen molar-refractivity contribution in [2.45, 2.75) is 13.5 Å². The van der Waals surface area contributed by atoms with Gasteiger partial charge in [-0.1, -0.05) is 6.07 Å². The third-order valence-corrected chi connectivity index (χ3v) is 3.31. The molecule has 2 aromatic rings. The highest BCUT2D eigenvalue weighted by atomic mass is 32.1. The number of nitrogens with zero attached hydrogens (tertiary/aromatic N) is 1. The van der Waals surface area contributed by atoms with E-state index in [9.17, 15) is 9.59 Å². The van der Waals surface area contributed by atoms with Crippen molar-refractivity contribution in [3.8, 4) is 10.6 Å². The molecule has 82 valence electrons. The number of carbonyl (C=O) groups excluding carboxylic acids is 1. The van der Waals surface area contributed by atoms with Gasteiger partial charge >= 0.3 is 0 Å². The van der Waals surface area contributed by atoms with Gasteiger partial charge in [0, 0.05) is 6.54 Å². The molecular weight excluding hydrogens is 222 g/mol. The van der Waals surface area contributed by atoms with Crippen LogP contribution in [0.15, 0.2) is 34.4 Å². The number of aldehydes is 1. The summed E-state index contributed by atoms with van der Waals surface area (Å²) >= 11 is 1.58. The SMILES string of the molecule is CCn1c(-c2cccs2)ccc(C=O)c1=O. The lowest BCUT2D eigenvalue weighted by atomic mass is 10.2. The van der Waals surface area contributed by atoms with E-state index in [2.05, 4.69) is 0 Å². The van der Waals surface area contributed by atoms with Crippen molar-refractivity contribution < 1.29 is 4.79 Å². The van der Waals surface area contributed by atoms with Gasteiger partial charge in [0.1, 0.15) is 0 Å². The van der Waals surface area contributed by atoms with E-state index >= 15 is 0 Å². The van der Waals surface area contributed by atoms with Crippen molar-refractivity contribution in [2.24, 2.45) is 0 Å². The summed E-state index contributed by atoms with van der Waals surface area (Å²) in [5, 5.41) is 1.97. The highest BCUT2D eigenvalue weighted by Crippen LogP contribution is 2.23. The van der Waals surface area contributed by atoms with Crippen LogP contribution in [-0.2, 0) is 6.54 Å². The first-order valence-corrected chi connectivity index (χ1v) is 5.88. The Morgan fingerprint density at radius 3 is 2.75 bits per heavy atom. The standard InChI is InChI=1S/C12H11NO2S/c1-2-13-10(11-4-3-7-16-11)6-5-9(8-14)12(13)15/h3-8H,2H2,1H3. The van der Waals surface area contributed by atoms with Gasteiger partial charge in [0.2, 0.25) is 0 Å². The molecule has 3 nitrogen and oxygen atoms in total.